The molecule has 1 unspecified atom stereocenters. The van der Waals surface area contributed by atoms with Crippen LogP contribution in [0.25, 0.3) is 0 Å². The number of aryl methyl sites for hydroxylation is 1. The lowest BCUT2D eigenvalue weighted by Gasteiger charge is -2.11. The van der Waals surface area contributed by atoms with E-state index in [0.717, 1.165) is 30.0 Å². The van der Waals surface area contributed by atoms with Crippen LogP contribution in [0.1, 0.15) is 22.3 Å². The quantitative estimate of drug-likeness (QED) is 0.833. The van der Waals surface area contributed by atoms with Crippen molar-refractivity contribution in [2.75, 3.05) is 6.54 Å². The standard InChI is InChI=1S/C15H17ClN2/c1-12-6-5-9-14(18-12)10-17-11-15(16)13-7-3-2-4-8-13/h2-9,15,17H,10-11H2,1H3. The number of alkyl halides is 1. The first-order chi connectivity index (χ1) is 8.75. The van der Waals surface area contributed by atoms with Crippen molar-refractivity contribution in [3.05, 3.63) is 65.5 Å². The monoisotopic (exact) mass is 260 g/mol. The third-order valence-electron chi connectivity index (χ3n) is 2.74. The van der Waals surface area contributed by atoms with E-state index in [9.17, 15) is 0 Å². The maximum absolute atomic E-state index is 6.32. The molecule has 0 saturated heterocycles. The van der Waals surface area contributed by atoms with Gasteiger partial charge in [-0.1, -0.05) is 36.4 Å². The fourth-order valence-electron chi connectivity index (χ4n) is 1.80. The van der Waals surface area contributed by atoms with Gasteiger partial charge in [0.05, 0.1) is 11.1 Å². The highest BCUT2D eigenvalue weighted by Crippen LogP contribution is 2.18. The van der Waals surface area contributed by atoms with Crippen LogP contribution in [0.2, 0.25) is 0 Å². The van der Waals surface area contributed by atoms with Gasteiger partial charge in [-0.3, -0.25) is 4.98 Å². The molecular formula is C15H17ClN2. The van der Waals surface area contributed by atoms with E-state index < -0.39 is 0 Å². The van der Waals surface area contributed by atoms with Crippen molar-refractivity contribution < 1.29 is 0 Å². The molecular weight excluding hydrogens is 244 g/mol. The summed E-state index contributed by atoms with van der Waals surface area (Å²) in [7, 11) is 0. The number of pyridine rings is 1. The van der Waals surface area contributed by atoms with E-state index in [2.05, 4.69) is 10.3 Å². The molecule has 1 N–H and O–H groups in total. The second-order valence-electron chi connectivity index (χ2n) is 4.28. The first-order valence-electron chi connectivity index (χ1n) is 6.08. The Morgan fingerprint density at radius 2 is 1.89 bits per heavy atom. The zero-order valence-corrected chi connectivity index (χ0v) is 11.2. The Kier molecular flexibility index (Phi) is 4.73. The molecule has 2 aromatic rings. The number of nitrogens with one attached hydrogen (secondary N) is 1. The number of benzene rings is 1. The van der Waals surface area contributed by atoms with E-state index in [1.807, 2.05) is 55.5 Å². The predicted octanol–water partition coefficient (Wildman–Crippen LogP) is 3.46. The average molecular weight is 261 g/mol. The molecule has 0 amide bonds. The minimum atomic E-state index is -0.00370. The fraction of sp³-hybridized carbons (Fsp3) is 0.267. The van der Waals surface area contributed by atoms with Gasteiger partial charge >= 0.3 is 0 Å². The molecule has 1 heterocycles. The molecule has 0 fully saturated rings. The second-order valence-corrected chi connectivity index (χ2v) is 4.81. The van der Waals surface area contributed by atoms with Crippen LogP contribution in [0.15, 0.2) is 48.5 Å². The molecule has 2 nitrogen and oxygen atoms in total. The van der Waals surface area contributed by atoms with Gasteiger partial charge in [0.25, 0.3) is 0 Å². The Morgan fingerprint density at radius 3 is 2.61 bits per heavy atom. The van der Waals surface area contributed by atoms with Crippen LogP contribution in [0.3, 0.4) is 0 Å². The first-order valence-corrected chi connectivity index (χ1v) is 6.51. The highest BCUT2D eigenvalue weighted by molar-refractivity contribution is 6.21. The Bertz CT molecular complexity index is 485. The van der Waals surface area contributed by atoms with Gasteiger partial charge in [-0.25, -0.2) is 0 Å². The van der Waals surface area contributed by atoms with Gasteiger partial charge in [0.2, 0.25) is 0 Å². The number of hydrogen-bond acceptors (Lipinski definition) is 2. The number of nitrogens with zero attached hydrogens (tertiary/aromatic N) is 1. The van der Waals surface area contributed by atoms with Crippen LogP contribution in [0.5, 0.6) is 0 Å². The van der Waals surface area contributed by atoms with Gasteiger partial charge in [-0.2, -0.15) is 0 Å². The van der Waals surface area contributed by atoms with Gasteiger partial charge in [-0.05, 0) is 24.6 Å². The first kappa shape index (κ1) is 13.1. The van der Waals surface area contributed by atoms with Crippen molar-refractivity contribution in [3.8, 4) is 0 Å². The topological polar surface area (TPSA) is 24.9 Å². The zero-order valence-electron chi connectivity index (χ0n) is 10.4. The van der Waals surface area contributed by atoms with Crippen molar-refractivity contribution in [2.45, 2.75) is 18.8 Å². The van der Waals surface area contributed by atoms with E-state index in [1.165, 1.54) is 0 Å². The van der Waals surface area contributed by atoms with Gasteiger partial charge in [0.1, 0.15) is 0 Å². The van der Waals surface area contributed by atoms with E-state index in [-0.39, 0.29) is 5.38 Å². The lowest BCUT2D eigenvalue weighted by molar-refractivity contribution is 0.662. The normalized spacial score (nSPS) is 12.3. The summed E-state index contributed by atoms with van der Waals surface area (Å²) in [6.07, 6.45) is 0. The third-order valence-corrected chi connectivity index (χ3v) is 3.14. The highest BCUT2D eigenvalue weighted by atomic mass is 35.5. The van der Waals surface area contributed by atoms with Gasteiger partial charge < -0.3 is 5.32 Å². The molecule has 0 radical (unpaired) electrons. The Labute approximate surface area is 113 Å². The Balaban J connectivity index is 1.82. The molecule has 0 saturated carbocycles. The third kappa shape index (κ3) is 3.83. The Hall–Kier alpha value is -1.38. The number of halogens is 1. The molecule has 1 atom stereocenters. The molecule has 0 aliphatic rings. The van der Waals surface area contributed by atoms with Gasteiger partial charge in [-0.15, -0.1) is 11.6 Å². The summed E-state index contributed by atoms with van der Waals surface area (Å²) in [6.45, 7) is 3.48. The molecule has 0 bridgehead atoms. The van der Waals surface area contributed by atoms with Crippen molar-refractivity contribution in [1.29, 1.82) is 0 Å². The summed E-state index contributed by atoms with van der Waals surface area (Å²) in [6, 6.07) is 16.1. The summed E-state index contributed by atoms with van der Waals surface area (Å²) < 4.78 is 0. The van der Waals surface area contributed by atoms with E-state index in [1.54, 1.807) is 0 Å². The molecule has 1 aromatic carbocycles. The molecule has 18 heavy (non-hydrogen) atoms. The van der Waals surface area contributed by atoms with E-state index in [0.29, 0.717) is 0 Å². The summed E-state index contributed by atoms with van der Waals surface area (Å²) in [5, 5.41) is 3.33. The number of rotatable bonds is 5. The number of hydrogen-bond donors (Lipinski definition) is 1. The minimum absolute atomic E-state index is 0.00370. The maximum atomic E-state index is 6.32. The zero-order chi connectivity index (χ0) is 12.8. The lowest BCUT2D eigenvalue weighted by atomic mass is 10.1. The lowest BCUT2D eigenvalue weighted by Crippen LogP contribution is -2.19. The van der Waals surface area contributed by atoms with Crippen LogP contribution in [-0.4, -0.2) is 11.5 Å². The van der Waals surface area contributed by atoms with Crippen molar-refractivity contribution in [3.63, 3.8) is 0 Å². The van der Waals surface area contributed by atoms with Crippen LogP contribution in [0, 0.1) is 6.92 Å². The smallest absolute Gasteiger partial charge is 0.0709 e. The predicted molar refractivity (Wildman–Crippen MR) is 75.7 cm³/mol. The molecule has 0 spiro atoms. The summed E-state index contributed by atoms with van der Waals surface area (Å²) in [4.78, 5) is 4.44. The van der Waals surface area contributed by atoms with Crippen molar-refractivity contribution in [2.24, 2.45) is 0 Å². The highest BCUT2D eigenvalue weighted by Gasteiger charge is 2.06. The fourth-order valence-corrected chi connectivity index (χ4v) is 2.06. The molecule has 2 rings (SSSR count). The molecule has 3 heteroatoms. The van der Waals surface area contributed by atoms with Crippen LogP contribution >= 0.6 is 11.6 Å². The van der Waals surface area contributed by atoms with Gasteiger partial charge in [0, 0.05) is 18.8 Å². The largest absolute Gasteiger partial charge is 0.309 e. The average Bonchev–Trinajstić information content (AvgIpc) is 2.40. The molecule has 0 aliphatic carbocycles. The van der Waals surface area contributed by atoms with Crippen LogP contribution < -0.4 is 5.32 Å². The molecule has 94 valence electrons. The van der Waals surface area contributed by atoms with Crippen molar-refractivity contribution >= 4 is 11.6 Å². The summed E-state index contributed by atoms with van der Waals surface area (Å²) in [5.41, 5.74) is 3.23. The van der Waals surface area contributed by atoms with E-state index >= 15 is 0 Å². The maximum Gasteiger partial charge on any atom is 0.0709 e. The summed E-state index contributed by atoms with van der Waals surface area (Å²) in [5.74, 6) is 0. The van der Waals surface area contributed by atoms with Crippen LogP contribution in [0.4, 0.5) is 0 Å². The summed E-state index contributed by atoms with van der Waals surface area (Å²) >= 11 is 6.32. The SMILES string of the molecule is Cc1cccc(CNCC(Cl)c2ccccc2)n1. The number of aromatic nitrogens is 1. The molecule has 1 aromatic heterocycles. The van der Waals surface area contributed by atoms with Gasteiger partial charge in [0.15, 0.2) is 0 Å². The van der Waals surface area contributed by atoms with Crippen molar-refractivity contribution in [1.82, 2.24) is 10.3 Å². The Morgan fingerprint density at radius 1 is 1.11 bits per heavy atom. The van der Waals surface area contributed by atoms with E-state index in [4.69, 9.17) is 11.6 Å². The molecule has 0 aliphatic heterocycles. The van der Waals surface area contributed by atoms with Crippen LogP contribution in [-0.2, 0) is 6.54 Å². The second kappa shape index (κ2) is 6.53. The minimum Gasteiger partial charge on any atom is -0.309 e.